The molecule has 0 bridgehead atoms. The lowest BCUT2D eigenvalue weighted by Crippen LogP contribution is -2.39. The molecule has 0 saturated heterocycles. The van der Waals surface area contributed by atoms with Crippen LogP contribution in [-0.4, -0.2) is 0 Å². The van der Waals surface area contributed by atoms with Crippen molar-refractivity contribution in [2.45, 2.75) is 12.2 Å². The minimum absolute atomic E-state index is 0.0328. The second-order valence-electron chi connectivity index (χ2n) is 6.13. The Labute approximate surface area is 153 Å². The zero-order valence-electron chi connectivity index (χ0n) is 13.7. The lowest BCUT2D eigenvalue weighted by molar-refractivity contribution is 0.442. The normalized spacial score (nSPS) is 19.8. The molecular weight excluding hydrogens is 328 g/mol. The first-order valence-electron chi connectivity index (χ1n) is 8.40. The Morgan fingerprint density at radius 2 is 1.40 bits per heavy atom. The number of halogens is 1. The van der Waals surface area contributed by atoms with Gasteiger partial charge in [0, 0.05) is 10.7 Å². The summed E-state index contributed by atoms with van der Waals surface area (Å²) in [4.78, 5) is 0. The summed E-state index contributed by atoms with van der Waals surface area (Å²) in [6, 6.07) is 28.9. The second kappa shape index (κ2) is 7.14. The van der Waals surface area contributed by atoms with Crippen molar-refractivity contribution in [1.82, 2.24) is 10.6 Å². The fourth-order valence-corrected chi connectivity index (χ4v) is 3.35. The third kappa shape index (κ3) is 3.60. The molecule has 124 valence electrons. The molecule has 3 aromatic carbocycles. The van der Waals surface area contributed by atoms with Gasteiger partial charge in [-0.2, -0.15) is 0 Å². The van der Waals surface area contributed by atoms with Gasteiger partial charge in [-0.25, -0.2) is 0 Å². The fourth-order valence-electron chi connectivity index (χ4n) is 3.15. The number of nitrogens with one attached hydrogen (secondary N) is 2. The van der Waals surface area contributed by atoms with E-state index in [0.717, 1.165) is 16.3 Å². The Morgan fingerprint density at radius 1 is 0.720 bits per heavy atom. The Kier molecular flexibility index (Phi) is 4.55. The Hall–Kier alpha value is -2.55. The molecule has 1 aliphatic rings. The molecule has 0 amide bonds. The number of benzene rings is 3. The van der Waals surface area contributed by atoms with Gasteiger partial charge >= 0.3 is 0 Å². The SMILES string of the molecule is Clc1cccc(C2C=C(c3ccccc3)NC(c3ccccc3)N2)c1. The first kappa shape index (κ1) is 15.9. The first-order valence-corrected chi connectivity index (χ1v) is 8.78. The third-order valence-electron chi connectivity index (χ3n) is 4.40. The van der Waals surface area contributed by atoms with Crippen LogP contribution < -0.4 is 10.6 Å². The average Bonchev–Trinajstić information content (AvgIpc) is 2.69. The van der Waals surface area contributed by atoms with Gasteiger partial charge in [-0.15, -0.1) is 0 Å². The molecule has 0 aliphatic carbocycles. The molecule has 2 atom stereocenters. The molecule has 1 aliphatic heterocycles. The Balaban J connectivity index is 1.74. The van der Waals surface area contributed by atoms with Gasteiger partial charge in [0.15, 0.2) is 0 Å². The molecule has 4 rings (SSSR count). The molecule has 1 heterocycles. The van der Waals surface area contributed by atoms with Crippen LogP contribution in [0.2, 0.25) is 5.02 Å². The smallest absolute Gasteiger partial charge is 0.104 e. The van der Waals surface area contributed by atoms with E-state index < -0.39 is 0 Å². The highest BCUT2D eigenvalue weighted by Gasteiger charge is 2.23. The topological polar surface area (TPSA) is 24.1 Å². The van der Waals surface area contributed by atoms with E-state index >= 15 is 0 Å². The van der Waals surface area contributed by atoms with E-state index in [4.69, 9.17) is 11.6 Å². The highest BCUT2D eigenvalue weighted by Crippen LogP contribution is 2.30. The van der Waals surface area contributed by atoms with Gasteiger partial charge in [-0.1, -0.05) is 84.4 Å². The lowest BCUT2D eigenvalue weighted by Gasteiger charge is -2.33. The van der Waals surface area contributed by atoms with Crippen LogP contribution in [-0.2, 0) is 0 Å². The summed E-state index contributed by atoms with van der Waals surface area (Å²) in [7, 11) is 0. The molecule has 3 heteroatoms. The summed E-state index contributed by atoms with van der Waals surface area (Å²) in [5.41, 5.74) is 4.66. The Morgan fingerprint density at radius 3 is 2.12 bits per heavy atom. The molecular formula is C22H19ClN2. The van der Waals surface area contributed by atoms with Gasteiger partial charge in [0.25, 0.3) is 0 Å². The fraction of sp³-hybridized carbons (Fsp3) is 0.0909. The highest BCUT2D eigenvalue weighted by molar-refractivity contribution is 6.30. The van der Waals surface area contributed by atoms with Gasteiger partial charge in [0.05, 0.1) is 6.04 Å². The molecule has 0 radical (unpaired) electrons. The minimum atomic E-state index is 0.0328. The van der Waals surface area contributed by atoms with Crippen LogP contribution in [0.4, 0.5) is 0 Å². The second-order valence-corrected chi connectivity index (χ2v) is 6.57. The van der Waals surface area contributed by atoms with Gasteiger partial charge < -0.3 is 5.32 Å². The van der Waals surface area contributed by atoms with Gasteiger partial charge in [-0.3, -0.25) is 5.32 Å². The highest BCUT2D eigenvalue weighted by atomic mass is 35.5. The number of hydrogen-bond acceptors (Lipinski definition) is 2. The predicted molar refractivity (Wildman–Crippen MR) is 104 cm³/mol. The van der Waals surface area contributed by atoms with Crippen LogP contribution >= 0.6 is 11.6 Å². The molecule has 2 N–H and O–H groups in total. The predicted octanol–water partition coefficient (Wildman–Crippen LogP) is 5.31. The third-order valence-corrected chi connectivity index (χ3v) is 4.64. The van der Waals surface area contributed by atoms with Crippen molar-refractivity contribution in [3.63, 3.8) is 0 Å². The monoisotopic (exact) mass is 346 g/mol. The van der Waals surface area contributed by atoms with E-state index in [0.29, 0.717) is 0 Å². The van der Waals surface area contributed by atoms with Crippen LogP contribution in [0.25, 0.3) is 5.70 Å². The van der Waals surface area contributed by atoms with E-state index in [1.54, 1.807) is 0 Å². The van der Waals surface area contributed by atoms with Crippen molar-refractivity contribution in [2.24, 2.45) is 0 Å². The maximum absolute atomic E-state index is 6.21. The first-order chi connectivity index (χ1) is 12.3. The average molecular weight is 347 g/mol. The maximum Gasteiger partial charge on any atom is 0.104 e. The summed E-state index contributed by atoms with van der Waals surface area (Å²) < 4.78 is 0. The molecule has 0 aromatic heterocycles. The van der Waals surface area contributed by atoms with E-state index in [1.807, 2.05) is 30.3 Å². The van der Waals surface area contributed by atoms with Crippen LogP contribution in [0, 0.1) is 0 Å². The van der Waals surface area contributed by atoms with Crippen LogP contribution in [0.15, 0.2) is 91.0 Å². The largest absolute Gasteiger partial charge is 0.366 e. The van der Waals surface area contributed by atoms with Crippen molar-refractivity contribution in [2.75, 3.05) is 0 Å². The molecule has 0 fully saturated rings. The van der Waals surface area contributed by atoms with Crippen molar-refractivity contribution in [3.05, 3.63) is 113 Å². The standard InChI is InChI=1S/C22H19ClN2/c23-19-13-7-12-18(14-19)21-15-20(16-8-3-1-4-9-16)24-22(25-21)17-10-5-2-6-11-17/h1-15,21-22,24-25H. The molecule has 3 aromatic rings. The van der Waals surface area contributed by atoms with Gasteiger partial charge in [0.1, 0.15) is 6.17 Å². The van der Waals surface area contributed by atoms with E-state index in [9.17, 15) is 0 Å². The number of hydrogen-bond donors (Lipinski definition) is 2. The van der Waals surface area contributed by atoms with Crippen molar-refractivity contribution in [1.29, 1.82) is 0 Å². The summed E-state index contributed by atoms with van der Waals surface area (Å²) >= 11 is 6.21. The van der Waals surface area contributed by atoms with Gasteiger partial charge in [0.2, 0.25) is 0 Å². The summed E-state index contributed by atoms with van der Waals surface area (Å²) in [6.45, 7) is 0. The summed E-state index contributed by atoms with van der Waals surface area (Å²) in [5.74, 6) is 0. The molecule has 2 nitrogen and oxygen atoms in total. The zero-order valence-corrected chi connectivity index (χ0v) is 14.4. The summed E-state index contributed by atoms with van der Waals surface area (Å²) in [5, 5.41) is 8.04. The summed E-state index contributed by atoms with van der Waals surface area (Å²) in [6.07, 6.45) is 2.26. The van der Waals surface area contributed by atoms with Crippen LogP contribution in [0.5, 0.6) is 0 Å². The van der Waals surface area contributed by atoms with Crippen LogP contribution in [0.3, 0.4) is 0 Å². The number of rotatable bonds is 3. The minimum Gasteiger partial charge on any atom is -0.366 e. The Bertz CT molecular complexity index is 875. The van der Waals surface area contributed by atoms with E-state index in [2.05, 4.69) is 71.3 Å². The van der Waals surface area contributed by atoms with Crippen molar-refractivity contribution in [3.8, 4) is 0 Å². The van der Waals surface area contributed by atoms with Crippen molar-refractivity contribution >= 4 is 17.3 Å². The van der Waals surface area contributed by atoms with Gasteiger partial charge in [-0.05, 0) is 34.9 Å². The zero-order chi connectivity index (χ0) is 17.1. The van der Waals surface area contributed by atoms with Crippen molar-refractivity contribution < 1.29 is 0 Å². The molecule has 0 spiro atoms. The van der Waals surface area contributed by atoms with E-state index in [1.165, 1.54) is 11.1 Å². The lowest BCUT2D eigenvalue weighted by atomic mass is 9.98. The molecule has 25 heavy (non-hydrogen) atoms. The molecule has 0 saturated carbocycles. The molecule has 2 unspecified atom stereocenters. The van der Waals surface area contributed by atoms with E-state index in [-0.39, 0.29) is 12.2 Å². The maximum atomic E-state index is 6.21. The van der Waals surface area contributed by atoms with Crippen LogP contribution in [0.1, 0.15) is 28.9 Å². The quantitative estimate of drug-likeness (QED) is 0.671.